The van der Waals surface area contributed by atoms with Crippen molar-refractivity contribution >= 4 is 46.6 Å². The van der Waals surface area contributed by atoms with Crippen LogP contribution in [-0.2, 0) is 19.1 Å². The fourth-order valence-corrected chi connectivity index (χ4v) is 8.42. The Hall–Kier alpha value is -2.09. The number of rotatable bonds is 5. The molecule has 3 heterocycles. The number of nitrogens with zero attached hydrogens (tertiary/aromatic N) is 1. The van der Waals surface area contributed by atoms with Crippen molar-refractivity contribution in [2.45, 2.75) is 95.0 Å². The number of hydrogen-bond acceptors (Lipinski definition) is 4. The van der Waals surface area contributed by atoms with Gasteiger partial charge in [0.05, 0.1) is 17.9 Å². The van der Waals surface area contributed by atoms with Crippen LogP contribution in [0.15, 0.2) is 30.4 Å². The summed E-state index contributed by atoms with van der Waals surface area (Å²) in [6.07, 6.45) is 11.4. The first-order valence-corrected chi connectivity index (χ1v) is 15.2. The third-order valence-electron chi connectivity index (χ3n) is 9.97. The standard InChI is InChI=1S/C30H37Cl2N3O4/c1-16-7-6-10-22(17(16)2)35-26(28(37)33-20-8-4-3-5-9-20)30-12-11-23(39-30)24(25(30)29(35)38)27(36)34-21-14-18(31)13-19(32)15-21/h11-17,20,22-26H,3-10H2,1-2H3,(H,33,37)(H,34,36)/t16-,17-,22+,23+,24-,25+,26-,30+/m1/s1. The summed E-state index contributed by atoms with van der Waals surface area (Å²) >= 11 is 12.3. The second-order valence-electron chi connectivity index (χ2n) is 12.3. The molecule has 0 radical (unpaired) electrons. The van der Waals surface area contributed by atoms with Crippen LogP contribution in [0.5, 0.6) is 0 Å². The van der Waals surface area contributed by atoms with E-state index < -0.39 is 29.6 Å². The molecule has 2 saturated heterocycles. The van der Waals surface area contributed by atoms with Gasteiger partial charge in [-0.15, -0.1) is 0 Å². The van der Waals surface area contributed by atoms with E-state index in [9.17, 15) is 14.4 Å². The van der Waals surface area contributed by atoms with Crippen LogP contribution in [0, 0.1) is 23.7 Å². The zero-order valence-corrected chi connectivity index (χ0v) is 24.0. The molecule has 9 heteroatoms. The summed E-state index contributed by atoms with van der Waals surface area (Å²) in [7, 11) is 0. The second-order valence-corrected chi connectivity index (χ2v) is 13.1. The Balaban J connectivity index is 1.34. The molecule has 3 aliphatic heterocycles. The van der Waals surface area contributed by atoms with Gasteiger partial charge < -0.3 is 20.3 Å². The number of ether oxygens (including phenoxy) is 1. The van der Waals surface area contributed by atoms with Crippen molar-refractivity contribution in [2.75, 3.05) is 5.32 Å². The van der Waals surface area contributed by atoms with E-state index in [0.29, 0.717) is 21.7 Å². The number of benzene rings is 1. The summed E-state index contributed by atoms with van der Waals surface area (Å²) in [6, 6.07) is 4.08. The van der Waals surface area contributed by atoms with E-state index in [4.69, 9.17) is 27.9 Å². The minimum absolute atomic E-state index is 0.0742. The summed E-state index contributed by atoms with van der Waals surface area (Å²) in [5.41, 5.74) is -0.698. The largest absolute Gasteiger partial charge is 0.359 e. The van der Waals surface area contributed by atoms with Gasteiger partial charge in [-0.1, -0.05) is 81.3 Å². The lowest BCUT2D eigenvalue weighted by molar-refractivity contribution is -0.146. The number of likely N-dealkylation sites (tertiary alicyclic amines) is 1. The van der Waals surface area contributed by atoms with Crippen molar-refractivity contribution in [3.63, 3.8) is 0 Å². The summed E-state index contributed by atoms with van der Waals surface area (Å²) in [5, 5.41) is 7.00. The molecule has 7 nitrogen and oxygen atoms in total. The lowest BCUT2D eigenvalue weighted by Crippen LogP contribution is -2.60. The van der Waals surface area contributed by atoms with Crippen molar-refractivity contribution < 1.29 is 19.1 Å². The molecule has 210 valence electrons. The van der Waals surface area contributed by atoms with Crippen molar-refractivity contribution in [1.29, 1.82) is 0 Å². The number of anilines is 1. The quantitative estimate of drug-likeness (QED) is 0.464. The molecule has 1 spiro atoms. The van der Waals surface area contributed by atoms with Gasteiger partial charge in [0.2, 0.25) is 17.7 Å². The van der Waals surface area contributed by atoms with Crippen molar-refractivity contribution in [1.82, 2.24) is 10.2 Å². The number of hydrogen-bond donors (Lipinski definition) is 2. The number of carbonyl (C=O) groups excluding carboxylic acids is 3. The summed E-state index contributed by atoms with van der Waals surface area (Å²) in [5.74, 6) is -1.49. The van der Waals surface area contributed by atoms with Crippen molar-refractivity contribution in [3.05, 3.63) is 40.4 Å². The van der Waals surface area contributed by atoms with Crippen LogP contribution < -0.4 is 10.6 Å². The molecule has 0 aromatic heterocycles. The number of halogens is 2. The Bertz CT molecular complexity index is 1180. The number of nitrogens with one attached hydrogen (secondary N) is 2. The van der Waals surface area contributed by atoms with E-state index >= 15 is 0 Å². The highest BCUT2D eigenvalue weighted by Gasteiger charge is 2.73. The average Bonchev–Trinajstić information content (AvgIpc) is 3.53. The molecule has 1 aromatic rings. The maximum absolute atomic E-state index is 14.4. The maximum atomic E-state index is 14.4. The monoisotopic (exact) mass is 573 g/mol. The smallest absolute Gasteiger partial charge is 0.246 e. The van der Waals surface area contributed by atoms with Gasteiger partial charge in [-0.2, -0.15) is 0 Å². The molecule has 8 atom stereocenters. The molecule has 2 saturated carbocycles. The lowest BCUT2D eigenvalue weighted by atomic mass is 9.74. The van der Waals surface area contributed by atoms with Crippen molar-refractivity contribution in [2.24, 2.45) is 23.7 Å². The van der Waals surface area contributed by atoms with E-state index in [2.05, 4.69) is 24.5 Å². The topological polar surface area (TPSA) is 87.7 Å². The zero-order valence-electron chi connectivity index (χ0n) is 22.5. The summed E-state index contributed by atoms with van der Waals surface area (Å²) in [4.78, 5) is 44.1. The molecule has 0 unspecified atom stereocenters. The lowest BCUT2D eigenvalue weighted by Gasteiger charge is -2.44. The van der Waals surface area contributed by atoms with E-state index in [1.54, 1.807) is 18.2 Å². The zero-order chi connectivity index (χ0) is 27.5. The second kappa shape index (κ2) is 10.4. The average molecular weight is 575 g/mol. The molecule has 3 amide bonds. The predicted octanol–water partition coefficient (Wildman–Crippen LogP) is 5.36. The summed E-state index contributed by atoms with van der Waals surface area (Å²) in [6.45, 7) is 4.41. The van der Waals surface area contributed by atoms with Crippen LogP contribution in [0.4, 0.5) is 5.69 Å². The number of fused-ring (bicyclic) bond motifs is 1. The highest BCUT2D eigenvalue weighted by atomic mass is 35.5. The van der Waals surface area contributed by atoms with Gasteiger partial charge in [-0.25, -0.2) is 0 Å². The Labute approximate surface area is 240 Å². The minimum Gasteiger partial charge on any atom is -0.359 e. The van der Waals surface area contributed by atoms with Gasteiger partial charge in [0, 0.05) is 27.8 Å². The molecule has 2 aliphatic carbocycles. The molecule has 5 aliphatic rings. The molecule has 2 bridgehead atoms. The fraction of sp³-hybridized carbons (Fsp3) is 0.633. The van der Waals surface area contributed by atoms with Crippen LogP contribution in [0.2, 0.25) is 10.0 Å². The highest BCUT2D eigenvalue weighted by molar-refractivity contribution is 6.35. The van der Waals surface area contributed by atoms with Crippen molar-refractivity contribution in [3.8, 4) is 0 Å². The van der Waals surface area contributed by atoms with Crippen LogP contribution in [0.1, 0.15) is 65.2 Å². The van der Waals surface area contributed by atoms with Gasteiger partial charge in [-0.05, 0) is 49.3 Å². The molecule has 4 fully saturated rings. The third kappa shape index (κ3) is 4.58. The Kier molecular flexibility index (Phi) is 7.22. The molecule has 39 heavy (non-hydrogen) atoms. The normalized spacial score (nSPS) is 37.7. The summed E-state index contributed by atoms with van der Waals surface area (Å²) < 4.78 is 6.53. The fourth-order valence-electron chi connectivity index (χ4n) is 7.89. The molecular weight excluding hydrogens is 537 g/mol. The Morgan fingerprint density at radius 3 is 2.41 bits per heavy atom. The van der Waals surface area contributed by atoms with Gasteiger partial charge in [0.15, 0.2) is 0 Å². The number of amides is 3. The Morgan fingerprint density at radius 1 is 0.974 bits per heavy atom. The first-order valence-electron chi connectivity index (χ1n) is 14.5. The first kappa shape index (κ1) is 27.1. The Morgan fingerprint density at radius 2 is 1.69 bits per heavy atom. The maximum Gasteiger partial charge on any atom is 0.246 e. The molecule has 2 N–H and O–H groups in total. The van der Waals surface area contributed by atoms with E-state index in [1.807, 2.05) is 17.1 Å². The van der Waals surface area contributed by atoms with E-state index in [1.165, 1.54) is 6.42 Å². The molecule has 6 rings (SSSR count). The van der Waals surface area contributed by atoms with Crippen LogP contribution in [-0.4, -0.2) is 52.5 Å². The van der Waals surface area contributed by atoms with Crippen LogP contribution in [0.25, 0.3) is 0 Å². The third-order valence-corrected chi connectivity index (χ3v) is 10.4. The van der Waals surface area contributed by atoms with Gasteiger partial charge in [0.1, 0.15) is 11.6 Å². The van der Waals surface area contributed by atoms with Crippen LogP contribution >= 0.6 is 23.2 Å². The van der Waals surface area contributed by atoms with Gasteiger partial charge >= 0.3 is 0 Å². The predicted molar refractivity (Wildman–Crippen MR) is 150 cm³/mol. The molecule has 1 aromatic carbocycles. The minimum atomic E-state index is -1.16. The SMILES string of the molecule is C[C@@H]1[C@H](C)CCC[C@@H]1N1C(=O)[C@@H]2[C@H](C(=O)Nc3cc(Cl)cc(Cl)c3)[C@@H]3C=C[C@@]2(O3)[C@H]1C(=O)NC1CCCCC1. The molecular formula is C30H37Cl2N3O4. The van der Waals surface area contributed by atoms with E-state index in [0.717, 1.165) is 44.9 Å². The first-order chi connectivity index (χ1) is 18.7. The van der Waals surface area contributed by atoms with Crippen LogP contribution in [0.3, 0.4) is 0 Å². The number of carbonyl (C=O) groups is 3. The highest BCUT2D eigenvalue weighted by Crippen LogP contribution is 2.57. The van der Waals surface area contributed by atoms with E-state index in [-0.39, 0.29) is 35.7 Å². The van der Waals surface area contributed by atoms with Gasteiger partial charge in [-0.3, -0.25) is 14.4 Å². The van der Waals surface area contributed by atoms with Gasteiger partial charge in [0.25, 0.3) is 0 Å².